The van der Waals surface area contributed by atoms with Crippen LogP contribution in [0.4, 0.5) is 4.39 Å². The summed E-state index contributed by atoms with van der Waals surface area (Å²) in [6, 6.07) is 21.5. The maximum atomic E-state index is 13.3. The molecule has 0 bridgehead atoms. The SMILES string of the molecule is CNC(=O)[C@@H](Cc1ccccc1)N(Cc1cccc(OC)c1)C(=O)COc1ccc(F)cc1. The van der Waals surface area contributed by atoms with Gasteiger partial charge in [0.05, 0.1) is 7.11 Å². The highest BCUT2D eigenvalue weighted by molar-refractivity contribution is 5.88. The van der Waals surface area contributed by atoms with Gasteiger partial charge in [0, 0.05) is 20.0 Å². The molecule has 6 nitrogen and oxygen atoms in total. The van der Waals surface area contributed by atoms with Crippen molar-refractivity contribution in [1.82, 2.24) is 10.2 Å². The van der Waals surface area contributed by atoms with Crippen LogP contribution in [0.5, 0.6) is 11.5 Å². The molecule has 0 saturated carbocycles. The lowest BCUT2D eigenvalue weighted by Gasteiger charge is -2.31. The molecule has 0 fully saturated rings. The molecule has 0 radical (unpaired) electrons. The van der Waals surface area contributed by atoms with E-state index in [1.807, 2.05) is 54.6 Å². The van der Waals surface area contributed by atoms with Crippen molar-refractivity contribution in [2.45, 2.75) is 19.0 Å². The van der Waals surface area contributed by atoms with Gasteiger partial charge in [-0.1, -0.05) is 42.5 Å². The fraction of sp³-hybridized carbons (Fsp3) is 0.231. The van der Waals surface area contributed by atoms with Crippen LogP contribution in [-0.4, -0.2) is 43.5 Å². The van der Waals surface area contributed by atoms with Gasteiger partial charge in [0.2, 0.25) is 5.91 Å². The monoisotopic (exact) mass is 450 g/mol. The Kier molecular flexibility index (Phi) is 8.41. The van der Waals surface area contributed by atoms with E-state index in [1.165, 1.54) is 29.2 Å². The second kappa shape index (κ2) is 11.7. The molecule has 3 rings (SSSR count). The Bertz CT molecular complexity index is 1060. The summed E-state index contributed by atoms with van der Waals surface area (Å²) in [6.07, 6.45) is 0.340. The molecule has 0 spiro atoms. The van der Waals surface area contributed by atoms with Gasteiger partial charge >= 0.3 is 0 Å². The third-order valence-electron chi connectivity index (χ3n) is 5.18. The van der Waals surface area contributed by atoms with Gasteiger partial charge in [0.1, 0.15) is 23.4 Å². The first kappa shape index (κ1) is 23.8. The Labute approximate surface area is 192 Å². The van der Waals surface area contributed by atoms with Crippen molar-refractivity contribution in [2.24, 2.45) is 0 Å². The summed E-state index contributed by atoms with van der Waals surface area (Å²) in [5.74, 6) is -0.0212. The molecule has 3 aromatic rings. The molecule has 0 aliphatic carbocycles. The van der Waals surface area contributed by atoms with E-state index in [9.17, 15) is 14.0 Å². The van der Waals surface area contributed by atoms with Crippen LogP contribution in [0.3, 0.4) is 0 Å². The molecule has 0 aliphatic rings. The highest BCUT2D eigenvalue weighted by Crippen LogP contribution is 2.19. The Morgan fingerprint density at radius 1 is 0.939 bits per heavy atom. The van der Waals surface area contributed by atoms with Gasteiger partial charge < -0.3 is 19.7 Å². The zero-order valence-electron chi connectivity index (χ0n) is 18.7. The molecule has 7 heteroatoms. The van der Waals surface area contributed by atoms with Gasteiger partial charge in [-0.05, 0) is 47.5 Å². The predicted molar refractivity (Wildman–Crippen MR) is 123 cm³/mol. The minimum atomic E-state index is -0.757. The number of nitrogens with zero attached hydrogens (tertiary/aromatic N) is 1. The van der Waals surface area contributed by atoms with Crippen molar-refractivity contribution in [3.05, 3.63) is 95.8 Å². The van der Waals surface area contributed by atoms with E-state index in [0.717, 1.165) is 11.1 Å². The van der Waals surface area contributed by atoms with Crippen molar-refractivity contribution >= 4 is 11.8 Å². The zero-order valence-corrected chi connectivity index (χ0v) is 18.7. The number of carbonyl (C=O) groups is 2. The summed E-state index contributed by atoms with van der Waals surface area (Å²) in [5.41, 5.74) is 1.74. The number of methoxy groups -OCH3 is 1. The lowest BCUT2D eigenvalue weighted by atomic mass is 10.0. The van der Waals surface area contributed by atoms with Crippen molar-refractivity contribution in [2.75, 3.05) is 20.8 Å². The molecule has 1 N–H and O–H groups in total. The highest BCUT2D eigenvalue weighted by Gasteiger charge is 2.30. The first-order chi connectivity index (χ1) is 16.0. The molecule has 1 atom stereocenters. The van der Waals surface area contributed by atoms with E-state index in [1.54, 1.807) is 14.2 Å². The van der Waals surface area contributed by atoms with Crippen LogP contribution >= 0.6 is 0 Å². The van der Waals surface area contributed by atoms with Gasteiger partial charge in [-0.3, -0.25) is 9.59 Å². The van der Waals surface area contributed by atoms with E-state index < -0.39 is 11.9 Å². The van der Waals surface area contributed by atoms with Crippen molar-refractivity contribution in [1.29, 1.82) is 0 Å². The average Bonchev–Trinajstić information content (AvgIpc) is 2.86. The maximum absolute atomic E-state index is 13.3. The number of halogens is 1. The van der Waals surface area contributed by atoms with Crippen LogP contribution in [0.15, 0.2) is 78.9 Å². The van der Waals surface area contributed by atoms with Crippen LogP contribution in [0.25, 0.3) is 0 Å². The number of nitrogens with one attached hydrogen (secondary N) is 1. The topological polar surface area (TPSA) is 67.9 Å². The summed E-state index contributed by atoms with van der Waals surface area (Å²) in [7, 11) is 3.12. The van der Waals surface area contributed by atoms with Crippen molar-refractivity contribution < 1.29 is 23.5 Å². The Morgan fingerprint density at radius 3 is 2.30 bits per heavy atom. The van der Waals surface area contributed by atoms with Gasteiger partial charge in [0.15, 0.2) is 6.61 Å². The van der Waals surface area contributed by atoms with E-state index in [4.69, 9.17) is 9.47 Å². The van der Waals surface area contributed by atoms with Crippen molar-refractivity contribution in [3.63, 3.8) is 0 Å². The summed E-state index contributed by atoms with van der Waals surface area (Å²) in [5, 5.41) is 2.67. The minimum absolute atomic E-state index is 0.188. The number of ether oxygens (including phenoxy) is 2. The van der Waals surface area contributed by atoms with Gasteiger partial charge in [-0.15, -0.1) is 0 Å². The summed E-state index contributed by atoms with van der Waals surface area (Å²) in [4.78, 5) is 27.7. The Morgan fingerprint density at radius 2 is 1.64 bits per heavy atom. The minimum Gasteiger partial charge on any atom is -0.497 e. The molecule has 0 heterocycles. The number of amides is 2. The quantitative estimate of drug-likeness (QED) is 0.513. The number of likely N-dealkylation sites (N-methyl/N-ethyl adjacent to an activating group) is 1. The Hall–Kier alpha value is -3.87. The molecule has 0 unspecified atom stereocenters. The van der Waals surface area contributed by atoms with E-state index >= 15 is 0 Å². The number of carbonyl (C=O) groups excluding carboxylic acids is 2. The molecule has 0 saturated heterocycles. The number of hydrogen-bond acceptors (Lipinski definition) is 4. The average molecular weight is 451 g/mol. The first-order valence-electron chi connectivity index (χ1n) is 10.6. The molecule has 3 aromatic carbocycles. The molecule has 0 aromatic heterocycles. The number of hydrogen-bond donors (Lipinski definition) is 1. The van der Waals surface area contributed by atoms with Gasteiger partial charge in [-0.25, -0.2) is 4.39 Å². The molecule has 0 aliphatic heterocycles. The van der Waals surface area contributed by atoms with Gasteiger partial charge in [-0.2, -0.15) is 0 Å². The van der Waals surface area contributed by atoms with E-state index in [0.29, 0.717) is 17.9 Å². The summed E-state index contributed by atoms with van der Waals surface area (Å²) < 4.78 is 24.1. The largest absolute Gasteiger partial charge is 0.497 e. The van der Waals surface area contributed by atoms with Crippen LogP contribution in [-0.2, 0) is 22.6 Å². The van der Waals surface area contributed by atoms with Crippen LogP contribution in [0.2, 0.25) is 0 Å². The smallest absolute Gasteiger partial charge is 0.261 e. The van der Waals surface area contributed by atoms with Crippen LogP contribution in [0.1, 0.15) is 11.1 Å². The number of rotatable bonds is 10. The lowest BCUT2D eigenvalue weighted by Crippen LogP contribution is -2.51. The van der Waals surface area contributed by atoms with Crippen molar-refractivity contribution in [3.8, 4) is 11.5 Å². The molecule has 2 amide bonds. The van der Waals surface area contributed by atoms with E-state index in [-0.39, 0.29) is 25.0 Å². The molecule has 172 valence electrons. The molecular formula is C26H27FN2O4. The van der Waals surface area contributed by atoms with Gasteiger partial charge in [0.25, 0.3) is 5.91 Å². The standard InChI is InChI=1S/C26H27FN2O4/c1-28-26(31)24(16-19-7-4-3-5-8-19)29(17-20-9-6-10-23(15-20)32-2)25(30)18-33-22-13-11-21(27)12-14-22/h3-15,24H,16-18H2,1-2H3,(H,28,31)/t24-/m1/s1. The fourth-order valence-electron chi connectivity index (χ4n) is 3.45. The second-order valence-corrected chi connectivity index (χ2v) is 7.44. The predicted octanol–water partition coefficient (Wildman–Crippen LogP) is 3.60. The summed E-state index contributed by atoms with van der Waals surface area (Å²) >= 11 is 0. The van der Waals surface area contributed by atoms with E-state index in [2.05, 4.69) is 5.32 Å². The third kappa shape index (κ3) is 6.80. The maximum Gasteiger partial charge on any atom is 0.261 e. The highest BCUT2D eigenvalue weighted by atomic mass is 19.1. The second-order valence-electron chi connectivity index (χ2n) is 7.44. The Balaban J connectivity index is 1.87. The molecular weight excluding hydrogens is 423 g/mol. The number of benzene rings is 3. The molecule has 33 heavy (non-hydrogen) atoms. The van der Waals surface area contributed by atoms with Crippen LogP contribution < -0.4 is 14.8 Å². The zero-order chi connectivity index (χ0) is 23.6. The third-order valence-corrected chi connectivity index (χ3v) is 5.18. The fourth-order valence-corrected chi connectivity index (χ4v) is 3.45. The first-order valence-corrected chi connectivity index (χ1v) is 10.6. The lowest BCUT2D eigenvalue weighted by molar-refractivity contribution is -0.142. The normalized spacial score (nSPS) is 11.4. The van der Waals surface area contributed by atoms with Crippen LogP contribution in [0, 0.1) is 5.82 Å². The summed E-state index contributed by atoms with van der Waals surface area (Å²) in [6.45, 7) is -0.106.